The number of rotatable bonds is 11. The van der Waals surface area contributed by atoms with Crippen LogP contribution in [0, 0.1) is 5.82 Å². The summed E-state index contributed by atoms with van der Waals surface area (Å²) in [7, 11) is 0. The van der Waals surface area contributed by atoms with E-state index in [0.29, 0.717) is 36.8 Å². The molecular weight excluding hydrogens is 541 g/mol. The standard InChI is InChI=1S/C33H29ClFN3OS/c34-28-13-7-10-26(18-28)21-38(20-25-14-16-29(35)17-15-25)22-32-36-31(23-40-32)33(39)37-30(27-11-5-2-6-12-27)19-24-8-3-1-4-9-24/h1-18,23,30H,19-22H2,(H,37,39). The summed E-state index contributed by atoms with van der Waals surface area (Å²) in [6.07, 6.45) is 0.679. The van der Waals surface area contributed by atoms with Gasteiger partial charge in [0.2, 0.25) is 0 Å². The van der Waals surface area contributed by atoms with Crippen LogP contribution in [0.15, 0.2) is 115 Å². The van der Waals surface area contributed by atoms with E-state index in [2.05, 4.69) is 22.3 Å². The number of thiazole rings is 1. The van der Waals surface area contributed by atoms with Gasteiger partial charge < -0.3 is 5.32 Å². The molecule has 1 unspecified atom stereocenters. The molecule has 202 valence electrons. The molecule has 0 aliphatic carbocycles. The van der Waals surface area contributed by atoms with Crippen LogP contribution in [0.4, 0.5) is 4.39 Å². The summed E-state index contributed by atoms with van der Waals surface area (Å²) >= 11 is 7.69. The normalized spacial score (nSPS) is 11.9. The summed E-state index contributed by atoms with van der Waals surface area (Å²) in [6, 6.07) is 34.2. The maximum absolute atomic E-state index is 13.5. The molecule has 0 fully saturated rings. The molecule has 7 heteroatoms. The number of aromatic nitrogens is 1. The number of amides is 1. The van der Waals surface area contributed by atoms with Gasteiger partial charge in [-0.1, -0.05) is 96.5 Å². The maximum Gasteiger partial charge on any atom is 0.271 e. The Kier molecular flexibility index (Phi) is 9.34. The zero-order valence-corrected chi connectivity index (χ0v) is 23.4. The Morgan fingerprint density at radius 3 is 2.23 bits per heavy atom. The van der Waals surface area contributed by atoms with Crippen molar-refractivity contribution in [3.63, 3.8) is 0 Å². The molecule has 1 atom stereocenters. The first-order valence-electron chi connectivity index (χ1n) is 13.1. The molecule has 1 aromatic heterocycles. The highest BCUT2D eigenvalue weighted by molar-refractivity contribution is 7.09. The molecule has 0 spiro atoms. The Labute approximate surface area is 243 Å². The highest BCUT2D eigenvalue weighted by atomic mass is 35.5. The third kappa shape index (κ3) is 7.85. The highest BCUT2D eigenvalue weighted by Crippen LogP contribution is 2.22. The number of carbonyl (C=O) groups is 1. The van der Waals surface area contributed by atoms with Crippen LogP contribution >= 0.6 is 22.9 Å². The predicted molar refractivity (Wildman–Crippen MR) is 160 cm³/mol. The molecule has 1 heterocycles. The summed E-state index contributed by atoms with van der Waals surface area (Å²) in [5.41, 5.74) is 4.65. The minimum absolute atomic E-state index is 0.181. The van der Waals surface area contributed by atoms with Crippen LogP contribution < -0.4 is 5.32 Å². The fourth-order valence-electron chi connectivity index (χ4n) is 4.61. The molecule has 5 rings (SSSR count). The van der Waals surface area contributed by atoms with Gasteiger partial charge in [-0.3, -0.25) is 9.69 Å². The van der Waals surface area contributed by atoms with E-state index in [-0.39, 0.29) is 17.8 Å². The molecule has 40 heavy (non-hydrogen) atoms. The lowest BCUT2D eigenvalue weighted by atomic mass is 9.99. The number of nitrogens with zero attached hydrogens (tertiary/aromatic N) is 2. The smallest absolute Gasteiger partial charge is 0.271 e. The van der Waals surface area contributed by atoms with Gasteiger partial charge in [0, 0.05) is 23.5 Å². The zero-order chi connectivity index (χ0) is 27.7. The van der Waals surface area contributed by atoms with Crippen LogP contribution in [0.1, 0.15) is 43.8 Å². The van der Waals surface area contributed by atoms with Crippen molar-refractivity contribution in [2.45, 2.75) is 32.1 Å². The van der Waals surface area contributed by atoms with Gasteiger partial charge in [-0.15, -0.1) is 11.3 Å². The maximum atomic E-state index is 13.5. The van der Waals surface area contributed by atoms with E-state index in [1.807, 2.05) is 78.2 Å². The fraction of sp³-hybridized carbons (Fsp3) is 0.152. The lowest BCUT2D eigenvalue weighted by Crippen LogP contribution is -2.30. The third-order valence-corrected chi connectivity index (χ3v) is 7.62. The fourth-order valence-corrected chi connectivity index (χ4v) is 5.64. The largest absolute Gasteiger partial charge is 0.344 e. The lowest BCUT2D eigenvalue weighted by Gasteiger charge is -2.22. The van der Waals surface area contributed by atoms with Gasteiger partial charge in [0.15, 0.2) is 0 Å². The van der Waals surface area contributed by atoms with Gasteiger partial charge in [0.1, 0.15) is 16.5 Å². The van der Waals surface area contributed by atoms with Crippen LogP contribution in [0.25, 0.3) is 0 Å². The first kappa shape index (κ1) is 27.7. The van der Waals surface area contributed by atoms with Crippen LogP contribution in [0.2, 0.25) is 5.02 Å². The molecule has 0 saturated heterocycles. The molecule has 0 saturated carbocycles. The van der Waals surface area contributed by atoms with Gasteiger partial charge in [-0.25, -0.2) is 9.37 Å². The average Bonchev–Trinajstić information content (AvgIpc) is 3.44. The molecule has 0 radical (unpaired) electrons. The number of halogens is 2. The lowest BCUT2D eigenvalue weighted by molar-refractivity contribution is 0.0931. The van der Waals surface area contributed by atoms with Gasteiger partial charge in [0.05, 0.1) is 12.6 Å². The SMILES string of the molecule is O=C(NC(Cc1ccccc1)c1ccccc1)c1csc(CN(Cc2ccc(F)cc2)Cc2cccc(Cl)c2)n1. The van der Waals surface area contributed by atoms with Crippen molar-refractivity contribution in [3.8, 4) is 0 Å². The number of hydrogen-bond donors (Lipinski definition) is 1. The van der Waals surface area contributed by atoms with Crippen molar-refractivity contribution in [3.05, 3.63) is 158 Å². The van der Waals surface area contributed by atoms with E-state index in [9.17, 15) is 9.18 Å². The Balaban J connectivity index is 1.31. The molecule has 0 aliphatic heterocycles. The first-order chi connectivity index (χ1) is 19.5. The van der Waals surface area contributed by atoms with Crippen molar-refractivity contribution < 1.29 is 9.18 Å². The molecule has 0 aliphatic rings. The summed E-state index contributed by atoms with van der Waals surface area (Å²) < 4.78 is 13.5. The Morgan fingerprint density at radius 2 is 1.50 bits per heavy atom. The summed E-state index contributed by atoms with van der Waals surface area (Å²) in [5, 5.41) is 6.51. The van der Waals surface area contributed by atoms with E-state index in [0.717, 1.165) is 27.3 Å². The molecular formula is C33H29ClFN3OS. The van der Waals surface area contributed by atoms with E-state index in [1.54, 1.807) is 12.1 Å². The molecule has 4 aromatic carbocycles. The Hall–Kier alpha value is -3.84. The van der Waals surface area contributed by atoms with Gasteiger partial charge in [-0.2, -0.15) is 0 Å². The second-order valence-electron chi connectivity index (χ2n) is 9.65. The predicted octanol–water partition coefficient (Wildman–Crippen LogP) is 7.85. The molecule has 4 nitrogen and oxygen atoms in total. The average molecular weight is 570 g/mol. The Bertz CT molecular complexity index is 1530. The van der Waals surface area contributed by atoms with Crippen molar-refractivity contribution in [2.24, 2.45) is 0 Å². The third-order valence-electron chi connectivity index (χ3n) is 6.55. The van der Waals surface area contributed by atoms with Crippen LogP contribution in [-0.4, -0.2) is 15.8 Å². The van der Waals surface area contributed by atoms with E-state index >= 15 is 0 Å². The summed E-state index contributed by atoms with van der Waals surface area (Å²) in [5.74, 6) is -0.464. The van der Waals surface area contributed by atoms with Gasteiger partial charge >= 0.3 is 0 Å². The van der Waals surface area contributed by atoms with Crippen molar-refractivity contribution in [1.82, 2.24) is 15.2 Å². The van der Waals surface area contributed by atoms with E-state index < -0.39 is 0 Å². The van der Waals surface area contributed by atoms with E-state index in [4.69, 9.17) is 16.6 Å². The summed E-state index contributed by atoms with van der Waals surface area (Å²) in [6.45, 7) is 1.77. The van der Waals surface area contributed by atoms with Crippen molar-refractivity contribution in [1.29, 1.82) is 0 Å². The van der Waals surface area contributed by atoms with Gasteiger partial charge in [0.25, 0.3) is 5.91 Å². The Morgan fingerprint density at radius 1 is 0.825 bits per heavy atom. The van der Waals surface area contributed by atoms with E-state index in [1.165, 1.54) is 23.5 Å². The van der Waals surface area contributed by atoms with Gasteiger partial charge in [-0.05, 0) is 52.9 Å². The minimum atomic E-state index is -0.262. The minimum Gasteiger partial charge on any atom is -0.344 e. The topological polar surface area (TPSA) is 45.2 Å². The zero-order valence-electron chi connectivity index (χ0n) is 21.8. The monoisotopic (exact) mass is 569 g/mol. The molecule has 0 bridgehead atoms. The number of nitrogens with one attached hydrogen (secondary N) is 1. The highest BCUT2D eigenvalue weighted by Gasteiger charge is 2.19. The first-order valence-corrected chi connectivity index (χ1v) is 14.3. The summed E-state index contributed by atoms with van der Waals surface area (Å²) in [4.78, 5) is 20.2. The van der Waals surface area contributed by atoms with Crippen molar-refractivity contribution >= 4 is 28.8 Å². The quantitative estimate of drug-likeness (QED) is 0.176. The van der Waals surface area contributed by atoms with Crippen LogP contribution in [-0.2, 0) is 26.1 Å². The van der Waals surface area contributed by atoms with Crippen LogP contribution in [0.5, 0.6) is 0 Å². The second-order valence-corrected chi connectivity index (χ2v) is 11.0. The number of hydrogen-bond acceptors (Lipinski definition) is 4. The molecule has 5 aromatic rings. The van der Waals surface area contributed by atoms with Crippen LogP contribution in [0.3, 0.4) is 0 Å². The molecule has 1 amide bonds. The van der Waals surface area contributed by atoms with Crippen molar-refractivity contribution in [2.75, 3.05) is 0 Å². The number of carbonyl (C=O) groups excluding carboxylic acids is 1. The molecule has 1 N–H and O–H groups in total. The number of benzene rings is 4. The second kappa shape index (κ2) is 13.5.